The number of pyridine rings is 1. The third kappa shape index (κ3) is 3.40. The number of hydrogen-bond acceptors (Lipinski definition) is 3. The molecule has 0 aliphatic carbocycles. The Morgan fingerprint density at radius 2 is 2.17 bits per heavy atom. The number of carbonyl (C=O) groups is 1. The Labute approximate surface area is 114 Å². The standard InChI is InChI=1S/C14H12BrNO2/c15-14-9-13(5-4-11(14)10-17)18-8-6-12-3-1-2-7-16-12/h1-5,7,9-10H,6,8H2. The second-order valence-corrected chi connectivity index (χ2v) is 4.58. The molecule has 92 valence electrons. The summed E-state index contributed by atoms with van der Waals surface area (Å²) in [5.41, 5.74) is 1.62. The zero-order valence-corrected chi connectivity index (χ0v) is 11.3. The Hall–Kier alpha value is -1.68. The van der Waals surface area contributed by atoms with Crippen LogP contribution in [-0.2, 0) is 6.42 Å². The maximum atomic E-state index is 10.7. The summed E-state index contributed by atoms with van der Waals surface area (Å²) >= 11 is 3.32. The summed E-state index contributed by atoms with van der Waals surface area (Å²) in [6, 6.07) is 11.1. The first-order chi connectivity index (χ1) is 8.79. The normalized spacial score (nSPS) is 10.1. The van der Waals surface area contributed by atoms with E-state index < -0.39 is 0 Å². The van der Waals surface area contributed by atoms with Crippen LogP contribution in [0.15, 0.2) is 47.1 Å². The largest absolute Gasteiger partial charge is 0.493 e. The summed E-state index contributed by atoms with van der Waals surface area (Å²) in [6.07, 6.45) is 3.33. The van der Waals surface area contributed by atoms with Gasteiger partial charge in [0.1, 0.15) is 5.75 Å². The molecule has 1 heterocycles. The van der Waals surface area contributed by atoms with Gasteiger partial charge in [-0.1, -0.05) is 6.07 Å². The number of hydrogen-bond donors (Lipinski definition) is 0. The molecule has 0 unspecified atom stereocenters. The second kappa shape index (κ2) is 6.31. The van der Waals surface area contributed by atoms with Crippen molar-refractivity contribution >= 4 is 22.2 Å². The van der Waals surface area contributed by atoms with E-state index in [-0.39, 0.29) is 0 Å². The third-order valence-corrected chi connectivity index (χ3v) is 3.14. The Kier molecular flexibility index (Phi) is 4.47. The summed E-state index contributed by atoms with van der Waals surface area (Å²) < 4.78 is 6.35. The fraction of sp³-hybridized carbons (Fsp3) is 0.143. The van der Waals surface area contributed by atoms with Gasteiger partial charge in [-0.2, -0.15) is 0 Å². The molecule has 0 fully saturated rings. The SMILES string of the molecule is O=Cc1ccc(OCCc2ccccn2)cc1Br. The van der Waals surface area contributed by atoms with Crippen molar-refractivity contribution in [1.82, 2.24) is 4.98 Å². The number of benzene rings is 1. The van der Waals surface area contributed by atoms with E-state index in [2.05, 4.69) is 20.9 Å². The van der Waals surface area contributed by atoms with Crippen LogP contribution in [0, 0.1) is 0 Å². The molecule has 0 radical (unpaired) electrons. The van der Waals surface area contributed by atoms with Crippen molar-refractivity contribution in [3.63, 3.8) is 0 Å². The maximum absolute atomic E-state index is 10.7. The van der Waals surface area contributed by atoms with Crippen LogP contribution in [0.4, 0.5) is 0 Å². The minimum absolute atomic E-state index is 0.559. The molecule has 1 aromatic heterocycles. The second-order valence-electron chi connectivity index (χ2n) is 3.72. The van der Waals surface area contributed by atoms with E-state index in [1.165, 1.54) is 0 Å². The number of rotatable bonds is 5. The Morgan fingerprint density at radius 3 is 2.83 bits per heavy atom. The minimum Gasteiger partial charge on any atom is -0.493 e. The van der Waals surface area contributed by atoms with Gasteiger partial charge in [0, 0.05) is 28.3 Å². The molecular weight excluding hydrogens is 294 g/mol. The number of aldehydes is 1. The number of ether oxygens (including phenoxy) is 1. The zero-order chi connectivity index (χ0) is 12.8. The summed E-state index contributed by atoms with van der Waals surface area (Å²) in [6.45, 7) is 0.559. The molecule has 0 N–H and O–H groups in total. The summed E-state index contributed by atoms with van der Waals surface area (Å²) in [5.74, 6) is 0.739. The lowest BCUT2D eigenvalue weighted by Gasteiger charge is -2.07. The monoisotopic (exact) mass is 305 g/mol. The predicted octanol–water partition coefficient (Wildman–Crippen LogP) is 3.28. The molecule has 0 atom stereocenters. The topological polar surface area (TPSA) is 39.2 Å². The van der Waals surface area contributed by atoms with E-state index in [9.17, 15) is 4.79 Å². The van der Waals surface area contributed by atoms with Crippen molar-refractivity contribution in [2.24, 2.45) is 0 Å². The highest BCUT2D eigenvalue weighted by atomic mass is 79.9. The van der Waals surface area contributed by atoms with E-state index in [1.807, 2.05) is 18.2 Å². The van der Waals surface area contributed by atoms with Gasteiger partial charge >= 0.3 is 0 Å². The molecule has 0 spiro atoms. The maximum Gasteiger partial charge on any atom is 0.151 e. The molecule has 0 bridgehead atoms. The smallest absolute Gasteiger partial charge is 0.151 e. The number of carbonyl (C=O) groups excluding carboxylic acids is 1. The van der Waals surface area contributed by atoms with E-state index in [0.717, 1.165) is 28.6 Å². The molecule has 0 saturated carbocycles. The molecule has 2 rings (SSSR count). The van der Waals surface area contributed by atoms with E-state index >= 15 is 0 Å². The molecule has 3 nitrogen and oxygen atoms in total. The van der Waals surface area contributed by atoms with E-state index in [4.69, 9.17) is 4.74 Å². The van der Waals surface area contributed by atoms with Gasteiger partial charge in [0.2, 0.25) is 0 Å². The Morgan fingerprint density at radius 1 is 1.28 bits per heavy atom. The van der Waals surface area contributed by atoms with Crippen LogP contribution in [0.3, 0.4) is 0 Å². The van der Waals surface area contributed by atoms with Crippen molar-refractivity contribution in [3.05, 3.63) is 58.3 Å². The summed E-state index contributed by atoms with van der Waals surface area (Å²) in [7, 11) is 0. The zero-order valence-electron chi connectivity index (χ0n) is 9.67. The average Bonchev–Trinajstić information content (AvgIpc) is 2.40. The predicted molar refractivity (Wildman–Crippen MR) is 73.0 cm³/mol. The van der Waals surface area contributed by atoms with Crippen molar-refractivity contribution in [2.75, 3.05) is 6.61 Å². The first kappa shape index (κ1) is 12.8. The lowest BCUT2D eigenvalue weighted by atomic mass is 10.2. The number of aromatic nitrogens is 1. The summed E-state index contributed by atoms with van der Waals surface area (Å²) in [4.78, 5) is 14.9. The number of halogens is 1. The van der Waals surface area contributed by atoms with Crippen molar-refractivity contribution in [2.45, 2.75) is 6.42 Å². The molecule has 0 saturated heterocycles. The average molecular weight is 306 g/mol. The van der Waals surface area contributed by atoms with Crippen molar-refractivity contribution < 1.29 is 9.53 Å². The van der Waals surface area contributed by atoms with Gasteiger partial charge in [-0.25, -0.2) is 0 Å². The highest BCUT2D eigenvalue weighted by Crippen LogP contribution is 2.21. The molecule has 0 aliphatic heterocycles. The summed E-state index contributed by atoms with van der Waals surface area (Å²) in [5, 5.41) is 0. The molecule has 4 heteroatoms. The molecular formula is C14H12BrNO2. The third-order valence-electron chi connectivity index (χ3n) is 2.45. The van der Waals surface area contributed by atoms with Crippen LogP contribution in [0.2, 0.25) is 0 Å². The fourth-order valence-corrected chi connectivity index (χ4v) is 1.96. The minimum atomic E-state index is 0.559. The first-order valence-electron chi connectivity index (χ1n) is 5.57. The van der Waals surface area contributed by atoms with Crippen LogP contribution >= 0.6 is 15.9 Å². The first-order valence-corrected chi connectivity index (χ1v) is 6.36. The molecule has 0 amide bonds. The Balaban J connectivity index is 1.91. The van der Waals surface area contributed by atoms with Crippen LogP contribution in [0.1, 0.15) is 16.1 Å². The van der Waals surface area contributed by atoms with E-state index in [0.29, 0.717) is 12.2 Å². The van der Waals surface area contributed by atoms with Crippen LogP contribution < -0.4 is 4.74 Å². The molecule has 1 aromatic carbocycles. The fourth-order valence-electron chi connectivity index (χ4n) is 1.51. The van der Waals surface area contributed by atoms with Crippen LogP contribution in [-0.4, -0.2) is 17.9 Å². The molecule has 0 aliphatic rings. The van der Waals surface area contributed by atoms with E-state index in [1.54, 1.807) is 24.4 Å². The van der Waals surface area contributed by atoms with Gasteiger partial charge in [-0.05, 0) is 46.3 Å². The van der Waals surface area contributed by atoms with Gasteiger partial charge in [-0.3, -0.25) is 9.78 Å². The van der Waals surface area contributed by atoms with Crippen LogP contribution in [0.25, 0.3) is 0 Å². The Bertz CT molecular complexity index is 529. The highest BCUT2D eigenvalue weighted by Gasteiger charge is 2.01. The van der Waals surface area contributed by atoms with Crippen LogP contribution in [0.5, 0.6) is 5.75 Å². The van der Waals surface area contributed by atoms with Gasteiger partial charge in [0.15, 0.2) is 6.29 Å². The van der Waals surface area contributed by atoms with Crippen molar-refractivity contribution in [3.8, 4) is 5.75 Å². The lowest BCUT2D eigenvalue weighted by molar-refractivity contribution is 0.112. The number of nitrogens with zero attached hydrogens (tertiary/aromatic N) is 1. The quantitative estimate of drug-likeness (QED) is 0.796. The van der Waals surface area contributed by atoms with Gasteiger partial charge in [0.05, 0.1) is 6.61 Å². The van der Waals surface area contributed by atoms with Crippen molar-refractivity contribution in [1.29, 1.82) is 0 Å². The molecule has 2 aromatic rings. The van der Waals surface area contributed by atoms with Gasteiger partial charge in [0.25, 0.3) is 0 Å². The molecule has 18 heavy (non-hydrogen) atoms. The van der Waals surface area contributed by atoms with Gasteiger partial charge in [-0.15, -0.1) is 0 Å². The highest BCUT2D eigenvalue weighted by molar-refractivity contribution is 9.10. The lowest BCUT2D eigenvalue weighted by Crippen LogP contribution is -2.02. The van der Waals surface area contributed by atoms with Gasteiger partial charge < -0.3 is 4.74 Å².